The minimum absolute atomic E-state index is 0.102. The van der Waals surface area contributed by atoms with Crippen LogP contribution in [0.3, 0.4) is 0 Å². The van der Waals surface area contributed by atoms with Gasteiger partial charge in [-0.1, -0.05) is 23.7 Å². The van der Waals surface area contributed by atoms with E-state index in [9.17, 15) is 8.42 Å². The number of hydrogen-bond donors (Lipinski definition) is 2. The third kappa shape index (κ3) is 3.88. The standard InChI is InChI=1S/C14H15ClN2O2S/c1-10-8-12(15)4-7-14(10)17-20(18,19)9-11-2-5-13(16)6-3-11/h2-8,17H,9,16H2,1H3. The van der Waals surface area contributed by atoms with Gasteiger partial charge in [-0.05, 0) is 48.4 Å². The molecule has 2 aromatic rings. The second-order valence-corrected chi connectivity index (χ2v) is 6.72. The van der Waals surface area contributed by atoms with Gasteiger partial charge in [0.1, 0.15) is 0 Å². The van der Waals surface area contributed by atoms with E-state index < -0.39 is 10.0 Å². The molecule has 0 saturated heterocycles. The Kier molecular flexibility index (Phi) is 4.20. The summed E-state index contributed by atoms with van der Waals surface area (Å²) in [5.74, 6) is -0.102. The molecule has 0 aliphatic carbocycles. The Morgan fingerprint density at radius 1 is 1.15 bits per heavy atom. The molecule has 106 valence electrons. The van der Waals surface area contributed by atoms with Gasteiger partial charge in [0.05, 0.1) is 11.4 Å². The summed E-state index contributed by atoms with van der Waals surface area (Å²) in [7, 11) is -3.47. The molecule has 2 aromatic carbocycles. The Labute approximate surface area is 123 Å². The van der Waals surface area contributed by atoms with E-state index in [-0.39, 0.29) is 5.75 Å². The number of nitrogen functional groups attached to an aromatic ring is 1. The molecule has 20 heavy (non-hydrogen) atoms. The second-order valence-electron chi connectivity index (χ2n) is 4.56. The molecule has 0 aromatic heterocycles. The molecule has 6 heteroatoms. The van der Waals surface area contributed by atoms with Crippen molar-refractivity contribution >= 4 is 33.0 Å². The molecule has 0 saturated carbocycles. The van der Waals surface area contributed by atoms with Crippen LogP contribution in [0, 0.1) is 6.92 Å². The lowest BCUT2D eigenvalue weighted by molar-refractivity contribution is 0.600. The highest BCUT2D eigenvalue weighted by molar-refractivity contribution is 7.91. The maximum atomic E-state index is 12.1. The fourth-order valence-electron chi connectivity index (χ4n) is 1.78. The zero-order chi connectivity index (χ0) is 14.8. The number of nitrogens with one attached hydrogen (secondary N) is 1. The third-order valence-electron chi connectivity index (χ3n) is 2.79. The zero-order valence-electron chi connectivity index (χ0n) is 10.9. The van der Waals surface area contributed by atoms with E-state index in [2.05, 4.69) is 4.72 Å². The van der Waals surface area contributed by atoms with Crippen LogP contribution in [0.2, 0.25) is 5.02 Å². The first-order chi connectivity index (χ1) is 9.35. The fourth-order valence-corrected chi connectivity index (χ4v) is 3.27. The van der Waals surface area contributed by atoms with E-state index in [4.69, 9.17) is 17.3 Å². The Morgan fingerprint density at radius 2 is 1.80 bits per heavy atom. The van der Waals surface area contributed by atoms with Crippen molar-refractivity contribution < 1.29 is 8.42 Å². The van der Waals surface area contributed by atoms with E-state index in [1.54, 1.807) is 49.4 Å². The average molecular weight is 311 g/mol. The molecule has 2 rings (SSSR count). The smallest absolute Gasteiger partial charge is 0.236 e. The van der Waals surface area contributed by atoms with E-state index in [1.807, 2.05) is 0 Å². The second kappa shape index (κ2) is 5.73. The fraction of sp³-hybridized carbons (Fsp3) is 0.143. The molecule has 0 amide bonds. The first kappa shape index (κ1) is 14.7. The van der Waals surface area contributed by atoms with Gasteiger partial charge in [0.15, 0.2) is 0 Å². The van der Waals surface area contributed by atoms with Gasteiger partial charge in [-0.2, -0.15) is 0 Å². The quantitative estimate of drug-likeness (QED) is 0.852. The number of rotatable bonds is 4. The number of nitrogens with two attached hydrogens (primary N) is 1. The van der Waals surface area contributed by atoms with Crippen molar-refractivity contribution in [3.8, 4) is 0 Å². The maximum absolute atomic E-state index is 12.1. The molecule has 0 aliphatic heterocycles. The number of hydrogen-bond acceptors (Lipinski definition) is 3. The lowest BCUT2D eigenvalue weighted by Gasteiger charge is -2.11. The zero-order valence-corrected chi connectivity index (χ0v) is 12.5. The van der Waals surface area contributed by atoms with Gasteiger partial charge in [0.2, 0.25) is 10.0 Å². The maximum Gasteiger partial charge on any atom is 0.236 e. The van der Waals surface area contributed by atoms with Gasteiger partial charge < -0.3 is 5.73 Å². The third-order valence-corrected chi connectivity index (χ3v) is 4.27. The van der Waals surface area contributed by atoms with Crippen LogP contribution in [0.1, 0.15) is 11.1 Å². The van der Waals surface area contributed by atoms with Crippen LogP contribution in [0.15, 0.2) is 42.5 Å². The van der Waals surface area contributed by atoms with E-state index in [0.29, 0.717) is 22.0 Å². The van der Waals surface area contributed by atoms with Crippen molar-refractivity contribution in [2.45, 2.75) is 12.7 Å². The van der Waals surface area contributed by atoms with Crippen LogP contribution >= 0.6 is 11.6 Å². The molecule has 0 radical (unpaired) electrons. The summed E-state index contributed by atoms with van der Waals surface area (Å²) in [6.07, 6.45) is 0. The number of anilines is 2. The number of sulfonamides is 1. The van der Waals surface area contributed by atoms with Crippen molar-refractivity contribution in [2.24, 2.45) is 0 Å². The molecule has 4 nitrogen and oxygen atoms in total. The Morgan fingerprint density at radius 3 is 2.40 bits per heavy atom. The highest BCUT2D eigenvalue weighted by Crippen LogP contribution is 2.21. The van der Waals surface area contributed by atoms with Crippen molar-refractivity contribution in [1.82, 2.24) is 0 Å². The summed E-state index contributed by atoms with van der Waals surface area (Å²) in [6.45, 7) is 1.80. The number of benzene rings is 2. The minimum Gasteiger partial charge on any atom is -0.399 e. The Balaban J connectivity index is 2.17. The van der Waals surface area contributed by atoms with Crippen LogP contribution in [0.4, 0.5) is 11.4 Å². The van der Waals surface area contributed by atoms with E-state index in [1.165, 1.54) is 0 Å². The van der Waals surface area contributed by atoms with Gasteiger partial charge >= 0.3 is 0 Å². The van der Waals surface area contributed by atoms with Crippen LogP contribution in [0.5, 0.6) is 0 Å². The Hall–Kier alpha value is -1.72. The molecule has 0 unspecified atom stereocenters. The van der Waals surface area contributed by atoms with E-state index >= 15 is 0 Å². The van der Waals surface area contributed by atoms with Crippen LogP contribution < -0.4 is 10.5 Å². The topological polar surface area (TPSA) is 72.2 Å². The molecule has 0 aliphatic rings. The first-order valence-corrected chi connectivity index (χ1v) is 8.00. The first-order valence-electron chi connectivity index (χ1n) is 5.97. The summed E-state index contributed by atoms with van der Waals surface area (Å²) in [6, 6.07) is 11.8. The van der Waals surface area contributed by atoms with Gasteiger partial charge in [0.25, 0.3) is 0 Å². The lowest BCUT2D eigenvalue weighted by atomic mass is 10.2. The van der Waals surface area contributed by atoms with Gasteiger partial charge in [-0.25, -0.2) is 8.42 Å². The summed E-state index contributed by atoms with van der Waals surface area (Å²) >= 11 is 5.84. The van der Waals surface area contributed by atoms with Crippen molar-refractivity contribution in [2.75, 3.05) is 10.5 Å². The Bertz CT molecular complexity index is 712. The monoisotopic (exact) mass is 310 g/mol. The molecular weight excluding hydrogens is 296 g/mol. The molecule has 0 fully saturated rings. The number of aryl methyl sites for hydroxylation is 1. The van der Waals surface area contributed by atoms with Gasteiger partial charge in [-0.3, -0.25) is 4.72 Å². The molecular formula is C14H15ClN2O2S. The SMILES string of the molecule is Cc1cc(Cl)ccc1NS(=O)(=O)Cc1ccc(N)cc1. The molecule has 0 heterocycles. The van der Waals surface area contributed by atoms with Crippen molar-refractivity contribution in [3.63, 3.8) is 0 Å². The molecule has 3 N–H and O–H groups in total. The lowest BCUT2D eigenvalue weighted by Crippen LogP contribution is -2.15. The number of halogens is 1. The summed E-state index contributed by atoms with van der Waals surface area (Å²) < 4.78 is 26.8. The molecule has 0 bridgehead atoms. The minimum atomic E-state index is -3.47. The summed E-state index contributed by atoms with van der Waals surface area (Å²) in [4.78, 5) is 0. The molecule has 0 spiro atoms. The highest BCUT2D eigenvalue weighted by atomic mass is 35.5. The van der Waals surface area contributed by atoms with Crippen molar-refractivity contribution in [1.29, 1.82) is 0 Å². The normalized spacial score (nSPS) is 11.3. The van der Waals surface area contributed by atoms with Crippen LogP contribution in [-0.4, -0.2) is 8.42 Å². The predicted octanol–water partition coefficient (Wildman–Crippen LogP) is 3.17. The largest absolute Gasteiger partial charge is 0.399 e. The van der Waals surface area contributed by atoms with Gasteiger partial charge in [0, 0.05) is 10.7 Å². The van der Waals surface area contributed by atoms with Crippen LogP contribution in [-0.2, 0) is 15.8 Å². The molecule has 0 atom stereocenters. The summed E-state index contributed by atoms with van der Waals surface area (Å²) in [5.41, 5.74) is 8.16. The van der Waals surface area contributed by atoms with E-state index in [0.717, 1.165) is 5.56 Å². The highest BCUT2D eigenvalue weighted by Gasteiger charge is 2.13. The summed E-state index contributed by atoms with van der Waals surface area (Å²) in [5, 5.41) is 0.573. The predicted molar refractivity (Wildman–Crippen MR) is 83.3 cm³/mol. The average Bonchev–Trinajstić information content (AvgIpc) is 2.35. The van der Waals surface area contributed by atoms with Crippen molar-refractivity contribution in [3.05, 3.63) is 58.6 Å². The van der Waals surface area contributed by atoms with Crippen LogP contribution in [0.25, 0.3) is 0 Å². The van der Waals surface area contributed by atoms with Gasteiger partial charge in [-0.15, -0.1) is 0 Å².